The number of hydrogen-bond donors (Lipinski definition) is 0. The van der Waals surface area contributed by atoms with Crippen molar-refractivity contribution in [1.82, 2.24) is 9.55 Å². The molecule has 0 bridgehead atoms. The van der Waals surface area contributed by atoms with Crippen molar-refractivity contribution in [1.29, 1.82) is 0 Å². The van der Waals surface area contributed by atoms with Gasteiger partial charge in [-0.15, -0.1) is 0 Å². The smallest absolute Gasteiger partial charge is 0.175 e. The van der Waals surface area contributed by atoms with E-state index in [-0.39, 0.29) is 0 Å². The number of imidazole rings is 1. The molecule has 17 heavy (non-hydrogen) atoms. The molecule has 1 aromatic carbocycles. The Morgan fingerprint density at radius 1 is 1.35 bits per heavy atom. The largest absolute Gasteiger partial charge is 0.331 e. The molecule has 2 aromatic rings. The van der Waals surface area contributed by atoms with Crippen molar-refractivity contribution in [3.8, 4) is 0 Å². The minimum Gasteiger partial charge on any atom is -0.331 e. The molecular formula is C12H16N2O2S. The van der Waals surface area contributed by atoms with Crippen LogP contribution in [0, 0.1) is 0 Å². The van der Waals surface area contributed by atoms with Gasteiger partial charge in [-0.1, -0.05) is 6.92 Å². The van der Waals surface area contributed by atoms with E-state index in [1.165, 1.54) is 6.26 Å². The molecular weight excluding hydrogens is 236 g/mol. The van der Waals surface area contributed by atoms with Crippen LogP contribution in [0.15, 0.2) is 23.1 Å². The highest BCUT2D eigenvalue weighted by Gasteiger charge is 2.11. The first-order chi connectivity index (χ1) is 7.93. The van der Waals surface area contributed by atoms with Gasteiger partial charge in [-0.05, 0) is 24.6 Å². The molecule has 0 aliphatic heterocycles. The number of sulfone groups is 1. The topological polar surface area (TPSA) is 52.0 Å². The van der Waals surface area contributed by atoms with Crippen LogP contribution in [-0.2, 0) is 23.3 Å². The number of aryl methyl sites for hydroxylation is 2. The van der Waals surface area contributed by atoms with Crippen LogP contribution >= 0.6 is 0 Å². The maximum atomic E-state index is 11.5. The van der Waals surface area contributed by atoms with Crippen molar-refractivity contribution >= 4 is 20.9 Å². The molecule has 0 aliphatic carbocycles. The first kappa shape index (κ1) is 12.1. The van der Waals surface area contributed by atoms with Crippen LogP contribution in [0.1, 0.15) is 19.2 Å². The minimum absolute atomic E-state index is 0.325. The molecule has 0 unspecified atom stereocenters. The average Bonchev–Trinajstić information content (AvgIpc) is 2.55. The monoisotopic (exact) mass is 252 g/mol. The van der Waals surface area contributed by atoms with Crippen molar-refractivity contribution in [3.63, 3.8) is 0 Å². The molecule has 4 nitrogen and oxygen atoms in total. The lowest BCUT2D eigenvalue weighted by atomic mass is 10.3. The highest BCUT2D eigenvalue weighted by molar-refractivity contribution is 7.90. The van der Waals surface area contributed by atoms with Gasteiger partial charge in [0.15, 0.2) is 9.84 Å². The van der Waals surface area contributed by atoms with E-state index >= 15 is 0 Å². The second kappa shape index (κ2) is 4.14. The molecule has 0 atom stereocenters. The van der Waals surface area contributed by atoms with Crippen LogP contribution in [0.25, 0.3) is 11.0 Å². The lowest BCUT2D eigenvalue weighted by Gasteiger charge is -2.00. The van der Waals surface area contributed by atoms with Crippen molar-refractivity contribution < 1.29 is 8.42 Å². The SMILES string of the molecule is CCCc1nc2cc(S(C)(=O)=O)ccc2n1C. The minimum atomic E-state index is -3.16. The molecule has 0 N–H and O–H groups in total. The van der Waals surface area contributed by atoms with Gasteiger partial charge in [0.05, 0.1) is 15.9 Å². The number of nitrogens with zero attached hydrogens (tertiary/aromatic N) is 2. The van der Waals surface area contributed by atoms with Crippen molar-refractivity contribution in [2.75, 3.05) is 6.26 Å². The van der Waals surface area contributed by atoms with Crippen molar-refractivity contribution in [2.24, 2.45) is 7.05 Å². The van der Waals surface area contributed by atoms with Gasteiger partial charge in [-0.25, -0.2) is 13.4 Å². The highest BCUT2D eigenvalue weighted by Crippen LogP contribution is 2.20. The van der Waals surface area contributed by atoms with E-state index in [2.05, 4.69) is 11.9 Å². The van der Waals surface area contributed by atoms with Gasteiger partial charge < -0.3 is 4.57 Å². The Hall–Kier alpha value is -1.36. The van der Waals surface area contributed by atoms with E-state index < -0.39 is 9.84 Å². The number of hydrogen-bond acceptors (Lipinski definition) is 3. The second-order valence-electron chi connectivity index (χ2n) is 4.26. The Kier molecular flexibility index (Phi) is 2.95. The molecule has 2 rings (SSSR count). The van der Waals surface area contributed by atoms with Gasteiger partial charge in [0.2, 0.25) is 0 Å². The molecule has 0 fully saturated rings. The molecule has 92 valence electrons. The fourth-order valence-corrected chi connectivity index (χ4v) is 2.55. The molecule has 0 amide bonds. The summed E-state index contributed by atoms with van der Waals surface area (Å²) in [6.07, 6.45) is 3.14. The average molecular weight is 252 g/mol. The van der Waals surface area contributed by atoms with E-state index in [1.807, 2.05) is 17.7 Å². The summed E-state index contributed by atoms with van der Waals surface area (Å²) in [5, 5.41) is 0. The number of benzene rings is 1. The number of aromatic nitrogens is 2. The van der Waals surface area contributed by atoms with E-state index in [0.29, 0.717) is 4.90 Å². The summed E-state index contributed by atoms with van der Waals surface area (Å²) in [6, 6.07) is 5.09. The van der Waals surface area contributed by atoms with Crippen LogP contribution in [0.4, 0.5) is 0 Å². The van der Waals surface area contributed by atoms with E-state index in [1.54, 1.807) is 12.1 Å². The fourth-order valence-electron chi connectivity index (χ4n) is 1.91. The standard InChI is InChI=1S/C12H16N2O2S/c1-4-5-12-13-10-8-9(17(3,15)16)6-7-11(10)14(12)2/h6-8H,4-5H2,1-3H3. The summed E-state index contributed by atoms with van der Waals surface area (Å²) < 4.78 is 24.9. The lowest BCUT2D eigenvalue weighted by Crippen LogP contribution is -1.97. The number of fused-ring (bicyclic) bond motifs is 1. The summed E-state index contributed by atoms with van der Waals surface area (Å²) in [6.45, 7) is 2.10. The normalized spacial score (nSPS) is 12.2. The van der Waals surface area contributed by atoms with Gasteiger partial charge in [0.25, 0.3) is 0 Å². The van der Waals surface area contributed by atoms with Gasteiger partial charge in [0, 0.05) is 19.7 Å². The summed E-state index contributed by atoms with van der Waals surface area (Å²) >= 11 is 0. The molecule has 0 aliphatic rings. The predicted octanol–water partition coefficient (Wildman–Crippen LogP) is 1.93. The molecule has 0 radical (unpaired) electrons. The lowest BCUT2D eigenvalue weighted by molar-refractivity contribution is 0.602. The zero-order valence-electron chi connectivity index (χ0n) is 10.3. The highest BCUT2D eigenvalue weighted by atomic mass is 32.2. The molecule has 0 saturated heterocycles. The maximum absolute atomic E-state index is 11.5. The Labute approximate surface area is 101 Å². The third kappa shape index (κ3) is 2.20. The van der Waals surface area contributed by atoms with Crippen LogP contribution in [0.3, 0.4) is 0 Å². The van der Waals surface area contributed by atoms with Crippen LogP contribution in [0.5, 0.6) is 0 Å². The van der Waals surface area contributed by atoms with Gasteiger partial charge >= 0.3 is 0 Å². The van der Waals surface area contributed by atoms with E-state index in [0.717, 1.165) is 29.7 Å². The van der Waals surface area contributed by atoms with E-state index in [9.17, 15) is 8.42 Å². The molecule has 1 aromatic heterocycles. The Morgan fingerprint density at radius 3 is 2.65 bits per heavy atom. The summed E-state index contributed by atoms with van der Waals surface area (Å²) in [5.74, 6) is 0.994. The number of rotatable bonds is 3. The maximum Gasteiger partial charge on any atom is 0.175 e. The molecule has 0 saturated carbocycles. The predicted molar refractivity (Wildman–Crippen MR) is 67.8 cm³/mol. The van der Waals surface area contributed by atoms with Crippen LogP contribution in [-0.4, -0.2) is 24.2 Å². The second-order valence-corrected chi connectivity index (χ2v) is 6.28. The summed E-state index contributed by atoms with van der Waals surface area (Å²) in [7, 11) is -1.20. The van der Waals surface area contributed by atoms with Crippen molar-refractivity contribution in [2.45, 2.75) is 24.7 Å². The summed E-state index contributed by atoms with van der Waals surface area (Å²) in [5.41, 5.74) is 1.72. The van der Waals surface area contributed by atoms with Gasteiger partial charge in [0.1, 0.15) is 5.82 Å². The zero-order valence-corrected chi connectivity index (χ0v) is 11.1. The first-order valence-corrected chi connectivity index (χ1v) is 7.48. The Balaban J connectivity index is 2.63. The molecule has 5 heteroatoms. The van der Waals surface area contributed by atoms with Crippen LogP contribution in [0.2, 0.25) is 0 Å². The van der Waals surface area contributed by atoms with E-state index in [4.69, 9.17) is 0 Å². The van der Waals surface area contributed by atoms with Crippen LogP contribution < -0.4 is 0 Å². The van der Waals surface area contributed by atoms with Crippen molar-refractivity contribution in [3.05, 3.63) is 24.0 Å². The first-order valence-electron chi connectivity index (χ1n) is 5.59. The molecule has 0 spiro atoms. The fraction of sp³-hybridized carbons (Fsp3) is 0.417. The van der Waals surface area contributed by atoms with Gasteiger partial charge in [-0.2, -0.15) is 0 Å². The Bertz CT molecular complexity index is 656. The molecule has 1 heterocycles. The third-order valence-electron chi connectivity index (χ3n) is 2.85. The quantitative estimate of drug-likeness (QED) is 0.838. The summed E-state index contributed by atoms with van der Waals surface area (Å²) in [4.78, 5) is 4.80. The van der Waals surface area contributed by atoms with Gasteiger partial charge in [-0.3, -0.25) is 0 Å². The Morgan fingerprint density at radius 2 is 2.06 bits per heavy atom. The third-order valence-corrected chi connectivity index (χ3v) is 3.96. The zero-order chi connectivity index (χ0) is 12.6.